The van der Waals surface area contributed by atoms with Crippen LogP contribution in [0.5, 0.6) is 0 Å². The second-order valence-corrected chi connectivity index (χ2v) is 9.09. The van der Waals surface area contributed by atoms with E-state index in [1.807, 2.05) is 23.8 Å². The predicted octanol–water partition coefficient (Wildman–Crippen LogP) is 5.72. The van der Waals surface area contributed by atoms with E-state index in [2.05, 4.69) is 43.1 Å². The minimum Gasteiger partial charge on any atom is -0.287 e. The standard InChI is InChI=1S/C22H23N3OS2/c1-4-5-12-25-21(26)18-14(2)15(3)28-20(18)24-22(25)27-13-17-9-6-8-16-10-7-11-23-19(16)17/h6-11H,4-5,12-13H2,1-3H3. The Morgan fingerprint density at radius 2 is 2.00 bits per heavy atom. The van der Waals surface area contributed by atoms with Crippen LogP contribution >= 0.6 is 23.1 Å². The minimum absolute atomic E-state index is 0.0962. The topological polar surface area (TPSA) is 47.8 Å². The van der Waals surface area contributed by atoms with E-state index in [4.69, 9.17) is 4.98 Å². The van der Waals surface area contributed by atoms with Gasteiger partial charge in [0.05, 0.1) is 10.9 Å². The minimum atomic E-state index is 0.0962. The lowest BCUT2D eigenvalue weighted by Gasteiger charge is -2.12. The molecule has 3 aromatic heterocycles. The van der Waals surface area contributed by atoms with E-state index in [9.17, 15) is 4.79 Å². The Morgan fingerprint density at radius 3 is 2.82 bits per heavy atom. The van der Waals surface area contributed by atoms with E-state index < -0.39 is 0 Å². The van der Waals surface area contributed by atoms with Crippen molar-refractivity contribution >= 4 is 44.2 Å². The van der Waals surface area contributed by atoms with Crippen LogP contribution < -0.4 is 5.56 Å². The Labute approximate surface area is 172 Å². The molecular weight excluding hydrogens is 386 g/mol. The number of hydrogen-bond donors (Lipinski definition) is 0. The van der Waals surface area contributed by atoms with Gasteiger partial charge in [-0.25, -0.2) is 4.98 Å². The highest BCUT2D eigenvalue weighted by Crippen LogP contribution is 2.30. The molecule has 28 heavy (non-hydrogen) atoms. The van der Waals surface area contributed by atoms with Crippen LogP contribution in [0.15, 0.2) is 46.5 Å². The summed E-state index contributed by atoms with van der Waals surface area (Å²) in [5, 5.41) is 2.73. The maximum absolute atomic E-state index is 13.2. The molecule has 0 saturated heterocycles. The normalized spacial score (nSPS) is 11.5. The molecule has 0 fully saturated rings. The van der Waals surface area contributed by atoms with Crippen molar-refractivity contribution in [2.75, 3.05) is 0 Å². The van der Waals surface area contributed by atoms with Gasteiger partial charge in [0.1, 0.15) is 4.83 Å². The van der Waals surface area contributed by atoms with Crippen molar-refractivity contribution in [1.29, 1.82) is 0 Å². The molecule has 6 heteroatoms. The molecule has 0 atom stereocenters. The van der Waals surface area contributed by atoms with E-state index in [0.717, 1.165) is 56.0 Å². The quantitative estimate of drug-likeness (QED) is 0.302. The molecule has 0 aliphatic carbocycles. The third-order valence-corrected chi connectivity index (χ3v) is 7.19. The summed E-state index contributed by atoms with van der Waals surface area (Å²) in [7, 11) is 0. The molecule has 0 amide bonds. The molecule has 0 aliphatic rings. The van der Waals surface area contributed by atoms with Gasteiger partial charge in [-0.05, 0) is 37.5 Å². The summed E-state index contributed by atoms with van der Waals surface area (Å²) in [5.74, 6) is 0.738. The first kappa shape index (κ1) is 19.2. The predicted molar refractivity (Wildman–Crippen MR) is 120 cm³/mol. The molecule has 0 radical (unpaired) electrons. The Hall–Kier alpha value is -2.18. The Kier molecular flexibility index (Phi) is 5.51. The molecule has 4 aromatic rings. The fraction of sp³-hybridized carbons (Fsp3) is 0.318. The van der Waals surface area contributed by atoms with Crippen molar-refractivity contribution in [2.45, 2.75) is 51.1 Å². The lowest BCUT2D eigenvalue weighted by Crippen LogP contribution is -2.23. The first-order valence-corrected chi connectivity index (χ1v) is 11.4. The molecule has 0 N–H and O–H groups in total. The number of benzene rings is 1. The number of pyridine rings is 1. The van der Waals surface area contributed by atoms with Gasteiger partial charge in [0, 0.05) is 28.8 Å². The molecule has 0 aliphatic heterocycles. The Bertz CT molecular complexity index is 1200. The van der Waals surface area contributed by atoms with Crippen LogP contribution in [-0.4, -0.2) is 14.5 Å². The fourth-order valence-electron chi connectivity index (χ4n) is 3.36. The molecule has 0 bridgehead atoms. The van der Waals surface area contributed by atoms with Crippen LogP contribution in [0.3, 0.4) is 0 Å². The van der Waals surface area contributed by atoms with E-state index in [0.29, 0.717) is 6.54 Å². The lowest BCUT2D eigenvalue weighted by molar-refractivity contribution is 0.558. The monoisotopic (exact) mass is 409 g/mol. The molecule has 4 rings (SSSR count). The summed E-state index contributed by atoms with van der Waals surface area (Å²) in [6.07, 6.45) is 3.84. The van der Waals surface area contributed by atoms with E-state index in [-0.39, 0.29) is 5.56 Å². The van der Waals surface area contributed by atoms with Gasteiger partial charge < -0.3 is 0 Å². The van der Waals surface area contributed by atoms with Crippen LogP contribution in [0.2, 0.25) is 0 Å². The summed E-state index contributed by atoms with van der Waals surface area (Å²) < 4.78 is 1.87. The number of thiophene rings is 1. The summed E-state index contributed by atoms with van der Waals surface area (Å²) in [6, 6.07) is 10.3. The maximum Gasteiger partial charge on any atom is 0.263 e. The molecule has 0 spiro atoms. The summed E-state index contributed by atoms with van der Waals surface area (Å²) in [6.45, 7) is 6.94. The zero-order valence-electron chi connectivity index (χ0n) is 16.4. The Balaban J connectivity index is 1.75. The average molecular weight is 410 g/mol. The third kappa shape index (κ3) is 3.47. The second-order valence-electron chi connectivity index (χ2n) is 6.95. The smallest absolute Gasteiger partial charge is 0.263 e. The Morgan fingerprint density at radius 1 is 1.18 bits per heavy atom. The SMILES string of the molecule is CCCCn1c(SCc2cccc3cccnc23)nc2sc(C)c(C)c2c1=O. The van der Waals surface area contributed by atoms with Crippen LogP contribution in [0, 0.1) is 13.8 Å². The fourth-order valence-corrected chi connectivity index (χ4v) is 5.44. The highest BCUT2D eigenvalue weighted by molar-refractivity contribution is 7.98. The maximum atomic E-state index is 13.2. The van der Waals surface area contributed by atoms with Gasteiger partial charge in [-0.2, -0.15) is 0 Å². The van der Waals surface area contributed by atoms with Gasteiger partial charge in [-0.1, -0.05) is 49.4 Å². The van der Waals surface area contributed by atoms with Crippen molar-refractivity contribution < 1.29 is 0 Å². The summed E-state index contributed by atoms with van der Waals surface area (Å²) in [5.41, 5.74) is 3.35. The summed E-state index contributed by atoms with van der Waals surface area (Å²) >= 11 is 3.24. The van der Waals surface area contributed by atoms with Crippen molar-refractivity contribution in [2.24, 2.45) is 0 Å². The zero-order chi connectivity index (χ0) is 19.7. The molecule has 0 saturated carbocycles. The van der Waals surface area contributed by atoms with Crippen molar-refractivity contribution in [1.82, 2.24) is 14.5 Å². The molecule has 3 heterocycles. The number of para-hydroxylation sites is 1. The number of unbranched alkanes of at least 4 members (excludes halogenated alkanes) is 1. The van der Waals surface area contributed by atoms with Gasteiger partial charge in [-0.15, -0.1) is 11.3 Å². The molecular formula is C22H23N3OS2. The third-order valence-electron chi connectivity index (χ3n) is 5.06. The number of aryl methyl sites for hydroxylation is 2. The molecule has 1 aromatic carbocycles. The first-order valence-electron chi connectivity index (χ1n) is 9.56. The number of nitrogens with zero attached hydrogens (tertiary/aromatic N) is 3. The molecule has 4 nitrogen and oxygen atoms in total. The van der Waals surface area contributed by atoms with E-state index in [1.54, 1.807) is 23.1 Å². The summed E-state index contributed by atoms with van der Waals surface area (Å²) in [4.78, 5) is 24.7. The lowest BCUT2D eigenvalue weighted by atomic mass is 10.1. The highest BCUT2D eigenvalue weighted by atomic mass is 32.2. The average Bonchev–Trinajstić information content (AvgIpc) is 2.99. The first-order chi connectivity index (χ1) is 13.6. The largest absolute Gasteiger partial charge is 0.287 e. The molecule has 0 unspecified atom stereocenters. The van der Waals surface area contributed by atoms with Crippen LogP contribution in [0.25, 0.3) is 21.1 Å². The van der Waals surface area contributed by atoms with Gasteiger partial charge in [0.2, 0.25) is 0 Å². The van der Waals surface area contributed by atoms with Crippen molar-refractivity contribution in [3.63, 3.8) is 0 Å². The number of hydrogen-bond acceptors (Lipinski definition) is 5. The van der Waals surface area contributed by atoms with Gasteiger partial charge in [0.15, 0.2) is 5.16 Å². The van der Waals surface area contributed by atoms with Gasteiger partial charge >= 0.3 is 0 Å². The van der Waals surface area contributed by atoms with Gasteiger partial charge in [0.25, 0.3) is 5.56 Å². The van der Waals surface area contributed by atoms with Gasteiger partial charge in [-0.3, -0.25) is 14.3 Å². The van der Waals surface area contributed by atoms with Crippen LogP contribution in [0.4, 0.5) is 0 Å². The van der Waals surface area contributed by atoms with E-state index in [1.165, 1.54) is 4.88 Å². The molecule has 144 valence electrons. The van der Waals surface area contributed by atoms with Crippen molar-refractivity contribution in [3.05, 3.63) is 62.9 Å². The van der Waals surface area contributed by atoms with Crippen molar-refractivity contribution in [3.8, 4) is 0 Å². The number of rotatable bonds is 6. The van der Waals surface area contributed by atoms with E-state index >= 15 is 0 Å². The highest BCUT2D eigenvalue weighted by Gasteiger charge is 2.17. The zero-order valence-corrected chi connectivity index (χ0v) is 18.0. The number of aromatic nitrogens is 3. The number of thioether (sulfide) groups is 1. The number of fused-ring (bicyclic) bond motifs is 2. The van der Waals surface area contributed by atoms with Crippen LogP contribution in [0.1, 0.15) is 35.8 Å². The van der Waals surface area contributed by atoms with Crippen LogP contribution in [-0.2, 0) is 12.3 Å². The second kappa shape index (κ2) is 8.05.